The Kier molecular flexibility index (Phi) is 7.10. The molecule has 0 saturated carbocycles. The summed E-state index contributed by atoms with van der Waals surface area (Å²) in [5.74, 6) is 0. The molecule has 0 spiro atoms. The Hall–Kier alpha value is -4.42. The fraction of sp³-hybridized carbons (Fsp3) is 0.150. The van der Waals surface area contributed by atoms with Gasteiger partial charge in [0.2, 0.25) is 0 Å². The summed E-state index contributed by atoms with van der Waals surface area (Å²) >= 11 is 0. The largest absolute Gasteiger partial charge is 0.0730 e. The van der Waals surface area contributed by atoms with Crippen LogP contribution >= 0.6 is 0 Å². The monoisotopic (exact) mass is 516 g/mol. The summed E-state index contributed by atoms with van der Waals surface area (Å²) in [5.41, 5.74) is 9.50. The smallest absolute Gasteiger partial charge is 0.0626 e. The number of hydrogen-bond acceptors (Lipinski definition) is 0. The summed E-state index contributed by atoms with van der Waals surface area (Å²) in [5, 5.41) is 0. The predicted molar refractivity (Wildman–Crippen MR) is 169 cm³/mol. The molecule has 1 aliphatic rings. The number of rotatable bonds is 7. The van der Waals surface area contributed by atoms with Crippen LogP contribution < -0.4 is 0 Å². The van der Waals surface area contributed by atoms with Crippen molar-refractivity contribution in [2.24, 2.45) is 0 Å². The van der Waals surface area contributed by atoms with Crippen LogP contribution in [-0.4, -0.2) is 0 Å². The summed E-state index contributed by atoms with van der Waals surface area (Å²) < 4.78 is 0. The molecular formula is C40H36. The Morgan fingerprint density at radius 3 is 1.12 bits per heavy atom. The second kappa shape index (κ2) is 11.0. The lowest BCUT2D eigenvalue weighted by Crippen LogP contribution is -2.53. The van der Waals surface area contributed by atoms with E-state index in [1.165, 1.54) is 44.5 Å². The highest BCUT2D eigenvalue weighted by atomic mass is 14.6. The van der Waals surface area contributed by atoms with E-state index in [2.05, 4.69) is 172 Å². The first-order valence-corrected chi connectivity index (χ1v) is 14.3. The van der Waals surface area contributed by atoms with E-state index in [1.54, 1.807) is 0 Å². The van der Waals surface area contributed by atoms with E-state index in [-0.39, 0.29) is 0 Å². The molecule has 0 heteroatoms. The van der Waals surface area contributed by atoms with Gasteiger partial charge in [-0.3, -0.25) is 0 Å². The molecule has 5 aromatic carbocycles. The molecule has 196 valence electrons. The molecule has 40 heavy (non-hydrogen) atoms. The zero-order valence-corrected chi connectivity index (χ0v) is 23.4. The Morgan fingerprint density at radius 1 is 0.375 bits per heavy atom. The molecule has 0 radical (unpaired) electrons. The summed E-state index contributed by atoms with van der Waals surface area (Å²) in [6.45, 7) is 4.43. The zero-order chi connectivity index (χ0) is 27.4. The van der Waals surface area contributed by atoms with E-state index in [0.29, 0.717) is 0 Å². The summed E-state index contributed by atoms with van der Waals surface area (Å²) in [4.78, 5) is 0. The van der Waals surface area contributed by atoms with Crippen LogP contribution in [0.5, 0.6) is 0 Å². The van der Waals surface area contributed by atoms with Crippen LogP contribution in [0, 0.1) is 6.92 Å². The van der Waals surface area contributed by atoms with Gasteiger partial charge in [0.05, 0.1) is 10.8 Å². The molecule has 0 nitrogen and oxygen atoms in total. The van der Waals surface area contributed by atoms with Crippen molar-refractivity contribution in [2.75, 3.05) is 0 Å². The summed E-state index contributed by atoms with van der Waals surface area (Å²) in [7, 11) is 0. The van der Waals surface area contributed by atoms with Crippen molar-refractivity contribution in [2.45, 2.75) is 37.5 Å². The van der Waals surface area contributed by atoms with E-state index in [1.807, 2.05) is 0 Å². The van der Waals surface area contributed by atoms with Crippen molar-refractivity contribution < 1.29 is 0 Å². The van der Waals surface area contributed by atoms with Crippen LogP contribution in [0.2, 0.25) is 0 Å². The van der Waals surface area contributed by atoms with Crippen molar-refractivity contribution >= 4 is 0 Å². The molecule has 0 heterocycles. The average Bonchev–Trinajstić information content (AvgIpc) is 3.03. The van der Waals surface area contributed by atoms with Crippen LogP contribution in [0.25, 0.3) is 0 Å². The van der Waals surface area contributed by atoms with Gasteiger partial charge in [0, 0.05) is 0 Å². The lowest BCUT2D eigenvalue weighted by atomic mass is 9.46. The van der Waals surface area contributed by atoms with Crippen LogP contribution in [0.1, 0.15) is 53.1 Å². The number of aryl methyl sites for hydroxylation is 1. The van der Waals surface area contributed by atoms with Crippen molar-refractivity contribution in [3.8, 4) is 0 Å². The van der Waals surface area contributed by atoms with Crippen LogP contribution in [-0.2, 0) is 10.8 Å². The van der Waals surface area contributed by atoms with Gasteiger partial charge >= 0.3 is 0 Å². The maximum Gasteiger partial charge on any atom is 0.0626 e. The highest BCUT2D eigenvalue weighted by Crippen LogP contribution is 2.61. The van der Waals surface area contributed by atoms with Gasteiger partial charge in [0.25, 0.3) is 0 Å². The summed E-state index contributed by atoms with van der Waals surface area (Å²) in [6, 6.07) is 54.1. The number of hydrogen-bond donors (Lipinski definition) is 0. The molecule has 1 aliphatic carbocycles. The number of allylic oxidation sites excluding steroid dienone is 4. The first-order valence-electron chi connectivity index (χ1n) is 14.3. The molecular weight excluding hydrogens is 480 g/mol. The third kappa shape index (κ3) is 4.16. The topological polar surface area (TPSA) is 0 Å². The lowest BCUT2D eigenvalue weighted by molar-refractivity contribution is 0.399. The molecule has 5 aromatic rings. The second-order valence-corrected chi connectivity index (χ2v) is 11.0. The molecule has 0 N–H and O–H groups in total. The fourth-order valence-electron chi connectivity index (χ4n) is 6.97. The Labute approximate surface area is 239 Å². The first kappa shape index (κ1) is 25.8. The van der Waals surface area contributed by atoms with Gasteiger partial charge < -0.3 is 0 Å². The van der Waals surface area contributed by atoms with Gasteiger partial charge in [-0.25, -0.2) is 0 Å². The van der Waals surface area contributed by atoms with Crippen LogP contribution in [0.3, 0.4) is 0 Å². The normalized spacial score (nSPS) is 13.8. The van der Waals surface area contributed by atoms with E-state index in [4.69, 9.17) is 0 Å². The highest BCUT2D eigenvalue weighted by Gasteiger charge is 2.58. The SMILES string of the molecule is CC1=CC=C(C(c2ccccc2)(c2ccccc2)C(c2ccccc2)(c2ccccc2)c2ccc(C)cc2)CC1. The minimum absolute atomic E-state index is 0.523. The minimum Gasteiger partial charge on any atom is -0.0730 e. The molecule has 6 rings (SSSR count). The van der Waals surface area contributed by atoms with Crippen LogP contribution in [0.4, 0.5) is 0 Å². The second-order valence-electron chi connectivity index (χ2n) is 11.0. The molecule has 0 aromatic heterocycles. The van der Waals surface area contributed by atoms with Gasteiger partial charge in [0.15, 0.2) is 0 Å². The van der Waals surface area contributed by atoms with Gasteiger partial charge in [-0.2, -0.15) is 0 Å². The van der Waals surface area contributed by atoms with Crippen molar-refractivity contribution in [1.29, 1.82) is 0 Å². The van der Waals surface area contributed by atoms with E-state index < -0.39 is 10.8 Å². The van der Waals surface area contributed by atoms with Crippen molar-refractivity contribution in [3.63, 3.8) is 0 Å². The van der Waals surface area contributed by atoms with Crippen molar-refractivity contribution in [3.05, 3.63) is 202 Å². The third-order valence-electron chi connectivity index (χ3n) is 8.71. The molecule has 0 fully saturated rings. The van der Waals surface area contributed by atoms with E-state index in [9.17, 15) is 0 Å². The minimum atomic E-state index is -0.559. The number of benzene rings is 5. The maximum atomic E-state index is 2.42. The average molecular weight is 517 g/mol. The molecule has 0 aliphatic heterocycles. The predicted octanol–water partition coefficient (Wildman–Crippen LogP) is 9.98. The third-order valence-corrected chi connectivity index (χ3v) is 8.71. The summed E-state index contributed by atoms with van der Waals surface area (Å²) in [6.07, 6.45) is 6.82. The van der Waals surface area contributed by atoms with E-state index in [0.717, 1.165) is 12.8 Å². The van der Waals surface area contributed by atoms with Gasteiger partial charge in [-0.1, -0.05) is 174 Å². The standard InChI is InChI=1S/C40H36/c1-31-23-27-37(28-24-31)39(33-15-7-3-8-16-33,34-17-9-4-10-18-34)40(35-19-11-5-12-20-35,36-21-13-6-14-22-36)38-29-25-32(2)26-30-38/h3-25,27-29H,26,30H2,1-2H3. The Bertz CT molecular complexity index is 1530. The molecule has 0 saturated heterocycles. The van der Waals surface area contributed by atoms with Gasteiger partial charge in [-0.15, -0.1) is 0 Å². The molecule has 0 unspecified atom stereocenters. The van der Waals surface area contributed by atoms with Crippen molar-refractivity contribution in [1.82, 2.24) is 0 Å². The molecule has 0 bridgehead atoms. The molecule has 0 amide bonds. The zero-order valence-electron chi connectivity index (χ0n) is 23.4. The Balaban J connectivity index is 1.91. The maximum absolute atomic E-state index is 2.42. The van der Waals surface area contributed by atoms with E-state index >= 15 is 0 Å². The quantitative estimate of drug-likeness (QED) is 0.189. The van der Waals surface area contributed by atoms with Gasteiger partial charge in [0.1, 0.15) is 0 Å². The highest BCUT2D eigenvalue weighted by molar-refractivity contribution is 5.67. The fourth-order valence-corrected chi connectivity index (χ4v) is 6.97. The van der Waals surface area contributed by atoms with Crippen LogP contribution in [0.15, 0.2) is 169 Å². The Morgan fingerprint density at radius 2 is 0.750 bits per heavy atom. The van der Waals surface area contributed by atoms with Gasteiger partial charge in [-0.05, 0) is 54.5 Å². The first-order chi connectivity index (χ1) is 19.7. The molecule has 0 atom stereocenters. The lowest BCUT2D eigenvalue weighted by Gasteiger charge is -2.55.